The van der Waals surface area contributed by atoms with Gasteiger partial charge in [-0.2, -0.15) is 0 Å². The van der Waals surface area contributed by atoms with Gasteiger partial charge in [0.25, 0.3) is 0 Å². The van der Waals surface area contributed by atoms with Crippen molar-refractivity contribution in [3.8, 4) is 0 Å². The van der Waals surface area contributed by atoms with E-state index in [2.05, 4.69) is 30.8 Å². The molecule has 0 saturated carbocycles. The molecule has 15 heavy (non-hydrogen) atoms. The molecule has 1 aromatic heterocycles. The van der Waals surface area contributed by atoms with E-state index in [-0.39, 0.29) is 6.10 Å². The Bertz CT molecular complexity index is 324. The first-order valence-corrected chi connectivity index (χ1v) is 6.24. The number of hydrogen-bond donors (Lipinski definition) is 0. The number of aromatic nitrogens is 1. The van der Waals surface area contributed by atoms with Gasteiger partial charge in [0.2, 0.25) is 0 Å². The molecule has 1 aliphatic rings. The molecule has 0 aromatic carbocycles. The van der Waals surface area contributed by atoms with Crippen molar-refractivity contribution in [3.63, 3.8) is 0 Å². The normalized spacial score (nSPS) is 23.6. The highest BCUT2D eigenvalue weighted by molar-refractivity contribution is 7.11. The van der Waals surface area contributed by atoms with Gasteiger partial charge in [-0.15, -0.1) is 11.3 Å². The Kier molecular flexibility index (Phi) is 3.38. The standard InChI is InChI=1S/C11H18N2OS/c1-8(2)10-6-12-11(15-10)9-7-13(3)4-5-14-9/h6,8-9H,4-5,7H2,1-3H3. The first kappa shape index (κ1) is 11.0. The van der Waals surface area contributed by atoms with E-state index in [0.29, 0.717) is 5.92 Å². The molecule has 1 aromatic rings. The molecule has 0 spiro atoms. The van der Waals surface area contributed by atoms with Crippen LogP contribution in [0.3, 0.4) is 0 Å². The summed E-state index contributed by atoms with van der Waals surface area (Å²) in [6.45, 7) is 7.21. The van der Waals surface area contributed by atoms with Gasteiger partial charge < -0.3 is 9.64 Å². The predicted molar refractivity (Wildman–Crippen MR) is 62.4 cm³/mol. The lowest BCUT2D eigenvalue weighted by Gasteiger charge is -2.28. The van der Waals surface area contributed by atoms with E-state index >= 15 is 0 Å². The Morgan fingerprint density at radius 2 is 2.40 bits per heavy atom. The first-order valence-electron chi connectivity index (χ1n) is 5.42. The summed E-state index contributed by atoms with van der Waals surface area (Å²) >= 11 is 1.79. The Morgan fingerprint density at radius 3 is 3.00 bits per heavy atom. The zero-order valence-electron chi connectivity index (χ0n) is 9.56. The zero-order chi connectivity index (χ0) is 10.8. The predicted octanol–water partition coefficient (Wildman–Crippen LogP) is 2.27. The third-order valence-electron chi connectivity index (χ3n) is 2.66. The topological polar surface area (TPSA) is 25.4 Å². The minimum Gasteiger partial charge on any atom is -0.368 e. The molecular formula is C11H18N2OS. The van der Waals surface area contributed by atoms with Gasteiger partial charge in [0.15, 0.2) is 0 Å². The van der Waals surface area contributed by atoms with Crippen LogP contribution in [0.4, 0.5) is 0 Å². The summed E-state index contributed by atoms with van der Waals surface area (Å²) in [5.41, 5.74) is 0. The number of morpholine rings is 1. The molecule has 4 heteroatoms. The maximum Gasteiger partial charge on any atom is 0.123 e. The third kappa shape index (κ3) is 2.56. The zero-order valence-corrected chi connectivity index (χ0v) is 10.4. The Labute approximate surface area is 95.1 Å². The van der Waals surface area contributed by atoms with Crippen LogP contribution in [0.1, 0.15) is 35.8 Å². The molecule has 0 amide bonds. The molecule has 1 unspecified atom stereocenters. The molecule has 1 aliphatic heterocycles. The second kappa shape index (κ2) is 4.60. The van der Waals surface area contributed by atoms with Crippen LogP contribution in [0.5, 0.6) is 0 Å². The van der Waals surface area contributed by atoms with E-state index in [1.165, 1.54) is 4.88 Å². The van der Waals surface area contributed by atoms with Crippen molar-refractivity contribution in [2.45, 2.75) is 25.9 Å². The summed E-state index contributed by atoms with van der Waals surface area (Å²) in [7, 11) is 2.13. The van der Waals surface area contributed by atoms with Crippen LogP contribution in [0.2, 0.25) is 0 Å². The van der Waals surface area contributed by atoms with E-state index in [9.17, 15) is 0 Å². The second-order valence-electron chi connectivity index (χ2n) is 4.38. The van der Waals surface area contributed by atoms with E-state index < -0.39 is 0 Å². The van der Waals surface area contributed by atoms with Crippen LogP contribution in [-0.2, 0) is 4.74 Å². The molecule has 0 radical (unpaired) electrons. The van der Waals surface area contributed by atoms with Gasteiger partial charge in [-0.3, -0.25) is 0 Å². The highest BCUT2D eigenvalue weighted by Crippen LogP contribution is 2.29. The Balaban J connectivity index is 2.08. The molecular weight excluding hydrogens is 208 g/mol. The summed E-state index contributed by atoms with van der Waals surface area (Å²) in [5.74, 6) is 0.567. The summed E-state index contributed by atoms with van der Waals surface area (Å²) in [4.78, 5) is 8.11. The van der Waals surface area contributed by atoms with Gasteiger partial charge in [0.1, 0.15) is 11.1 Å². The van der Waals surface area contributed by atoms with E-state index in [4.69, 9.17) is 4.74 Å². The van der Waals surface area contributed by atoms with Gasteiger partial charge >= 0.3 is 0 Å². The molecule has 1 saturated heterocycles. The van der Waals surface area contributed by atoms with Gasteiger partial charge in [-0.25, -0.2) is 4.98 Å². The van der Waals surface area contributed by atoms with E-state index in [1.807, 2.05) is 6.20 Å². The fraction of sp³-hybridized carbons (Fsp3) is 0.727. The molecule has 3 nitrogen and oxygen atoms in total. The van der Waals surface area contributed by atoms with Crippen molar-refractivity contribution in [2.75, 3.05) is 26.7 Å². The lowest BCUT2D eigenvalue weighted by atomic mass is 10.2. The average molecular weight is 226 g/mol. The molecule has 0 N–H and O–H groups in total. The minimum absolute atomic E-state index is 0.182. The number of rotatable bonds is 2. The fourth-order valence-electron chi connectivity index (χ4n) is 1.64. The quantitative estimate of drug-likeness (QED) is 0.773. The minimum atomic E-state index is 0.182. The molecule has 0 aliphatic carbocycles. The Hall–Kier alpha value is -0.450. The Morgan fingerprint density at radius 1 is 1.60 bits per heavy atom. The number of nitrogens with zero attached hydrogens (tertiary/aromatic N) is 2. The van der Waals surface area contributed by atoms with Gasteiger partial charge in [-0.1, -0.05) is 13.8 Å². The number of likely N-dealkylation sites (N-methyl/N-ethyl adjacent to an activating group) is 1. The number of hydrogen-bond acceptors (Lipinski definition) is 4. The monoisotopic (exact) mass is 226 g/mol. The summed E-state index contributed by atoms with van der Waals surface area (Å²) in [6, 6.07) is 0. The maximum absolute atomic E-state index is 5.73. The van der Waals surface area contributed by atoms with Gasteiger partial charge in [-0.05, 0) is 13.0 Å². The van der Waals surface area contributed by atoms with E-state index in [0.717, 1.165) is 24.7 Å². The van der Waals surface area contributed by atoms with Crippen molar-refractivity contribution >= 4 is 11.3 Å². The lowest BCUT2D eigenvalue weighted by Crippen LogP contribution is -2.35. The molecule has 1 fully saturated rings. The average Bonchev–Trinajstić information content (AvgIpc) is 2.66. The summed E-state index contributed by atoms with van der Waals surface area (Å²) in [5, 5.41) is 1.13. The van der Waals surface area contributed by atoms with Crippen molar-refractivity contribution < 1.29 is 4.74 Å². The van der Waals surface area contributed by atoms with Crippen molar-refractivity contribution in [1.82, 2.24) is 9.88 Å². The largest absolute Gasteiger partial charge is 0.368 e. The first-order chi connectivity index (χ1) is 7.16. The van der Waals surface area contributed by atoms with Crippen molar-refractivity contribution in [2.24, 2.45) is 0 Å². The van der Waals surface area contributed by atoms with Crippen LogP contribution in [-0.4, -0.2) is 36.6 Å². The highest BCUT2D eigenvalue weighted by Gasteiger charge is 2.22. The molecule has 2 heterocycles. The van der Waals surface area contributed by atoms with Crippen LogP contribution in [0.25, 0.3) is 0 Å². The van der Waals surface area contributed by atoms with E-state index in [1.54, 1.807) is 11.3 Å². The highest BCUT2D eigenvalue weighted by atomic mass is 32.1. The fourth-order valence-corrected chi connectivity index (χ4v) is 2.61. The lowest BCUT2D eigenvalue weighted by molar-refractivity contribution is -0.0209. The van der Waals surface area contributed by atoms with Crippen LogP contribution < -0.4 is 0 Å². The van der Waals surface area contributed by atoms with Crippen molar-refractivity contribution in [3.05, 3.63) is 16.1 Å². The number of thiazole rings is 1. The summed E-state index contributed by atoms with van der Waals surface area (Å²) < 4.78 is 5.73. The second-order valence-corrected chi connectivity index (χ2v) is 5.47. The molecule has 2 rings (SSSR count). The third-order valence-corrected chi connectivity index (χ3v) is 4.05. The van der Waals surface area contributed by atoms with Crippen LogP contribution >= 0.6 is 11.3 Å². The van der Waals surface area contributed by atoms with Gasteiger partial charge in [0, 0.05) is 24.2 Å². The molecule has 84 valence electrons. The van der Waals surface area contributed by atoms with Crippen LogP contribution in [0.15, 0.2) is 6.20 Å². The smallest absolute Gasteiger partial charge is 0.123 e. The summed E-state index contributed by atoms with van der Waals surface area (Å²) in [6.07, 6.45) is 2.17. The maximum atomic E-state index is 5.73. The van der Waals surface area contributed by atoms with Crippen molar-refractivity contribution in [1.29, 1.82) is 0 Å². The number of ether oxygens (including phenoxy) is 1. The molecule has 1 atom stereocenters. The molecule has 0 bridgehead atoms. The SMILES string of the molecule is CC(C)c1cnc(C2CN(C)CCO2)s1. The van der Waals surface area contributed by atoms with Crippen LogP contribution in [0, 0.1) is 0 Å². The van der Waals surface area contributed by atoms with Gasteiger partial charge in [0.05, 0.1) is 6.61 Å².